The van der Waals surface area contributed by atoms with Crippen LogP contribution in [0.3, 0.4) is 0 Å². The van der Waals surface area contributed by atoms with Gasteiger partial charge in [0.25, 0.3) is 0 Å². The Bertz CT molecular complexity index is 646. The van der Waals surface area contributed by atoms with Crippen molar-refractivity contribution in [2.75, 3.05) is 13.2 Å². The monoisotopic (exact) mass is 484 g/mol. The van der Waals surface area contributed by atoms with Crippen LogP contribution in [-0.2, 0) is 28.2 Å². The quantitative estimate of drug-likeness (QED) is 0.141. The van der Waals surface area contributed by atoms with Gasteiger partial charge in [-0.25, -0.2) is 0 Å². The molecule has 0 N–H and O–H groups in total. The standard InChI is InChI=1S/C25H38F6O2/c1-5-8-9-10-11-12-13-20(23(4,32-6-2)33-7-3)15-14-19-16-21(24(26,27)28)18-22(17-19)25(29,30)31/h16-18,20H,5-15H2,1-4H3. The van der Waals surface area contributed by atoms with Gasteiger partial charge in [-0.2, -0.15) is 26.3 Å². The molecule has 8 heteroatoms. The highest BCUT2D eigenvalue weighted by Crippen LogP contribution is 2.38. The van der Waals surface area contributed by atoms with Crippen LogP contribution in [0.25, 0.3) is 0 Å². The Labute approximate surface area is 194 Å². The molecule has 0 radical (unpaired) electrons. The molecule has 0 spiro atoms. The van der Waals surface area contributed by atoms with Gasteiger partial charge in [0.2, 0.25) is 0 Å². The molecule has 0 aliphatic rings. The summed E-state index contributed by atoms with van der Waals surface area (Å²) in [5, 5.41) is 0. The van der Waals surface area contributed by atoms with Gasteiger partial charge in [-0.05, 0) is 63.8 Å². The lowest BCUT2D eigenvalue weighted by Gasteiger charge is -2.37. The Morgan fingerprint density at radius 1 is 0.697 bits per heavy atom. The largest absolute Gasteiger partial charge is 0.416 e. The fraction of sp³-hybridized carbons (Fsp3) is 0.760. The van der Waals surface area contributed by atoms with Crippen LogP contribution in [-0.4, -0.2) is 19.0 Å². The molecule has 1 atom stereocenters. The normalized spacial score (nSPS) is 14.0. The van der Waals surface area contributed by atoms with Crippen LogP contribution in [0.2, 0.25) is 0 Å². The Morgan fingerprint density at radius 2 is 1.18 bits per heavy atom. The molecule has 0 saturated carbocycles. The van der Waals surface area contributed by atoms with Crippen molar-refractivity contribution < 1.29 is 35.8 Å². The molecule has 2 nitrogen and oxygen atoms in total. The van der Waals surface area contributed by atoms with E-state index in [4.69, 9.17) is 9.47 Å². The lowest BCUT2D eigenvalue weighted by molar-refractivity contribution is -0.254. The van der Waals surface area contributed by atoms with Crippen molar-refractivity contribution in [3.8, 4) is 0 Å². The highest BCUT2D eigenvalue weighted by Gasteiger charge is 2.38. The molecule has 1 aromatic carbocycles. The zero-order valence-electron chi connectivity index (χ0n) is 20.2. The number of aryl methyl sites for hydroxylation is 1. The maximum absolute atomic E-state index is 13.2. The SMILES string of the molecule is CCCCCCCCC(CCc1cc(C(F)(F)F)cc(C(F)(F)F)c1)C(C)(OCC)OCC. The van der Waals surface area contributed by atoms with Gasteiger partial charge >= 0.3 is 12.4 Å². The molecule has 1 rings (SSSR count). The summed E-state index contributed by atoms with van der Waals surface area (Å²) in [4.78, 5) is 0. The van der Waals surface area contributed by atoms with Crippen molar-refractivity contribution in [3.63, 3.8) is 0 Å². The minimum Gasteiger partial charge on any atom is -0.350 e. The molecule has 0 bridgehead atoms. The molecule has 1 unspecified atom stereocenters. The summed E-state index contributed by atoms with van der Waals surface area (Å²) >= 11 is 0. The summed E-state index contributed by atoms with van der Waals surface area (Å²) in [6.45, 7) is 8.41. The third kappa shape index (κ3) is 10.3. The summed E-state index contributed by atoms with van der Waals surface area (Å²) < 4.78 is 91.0. The van der Waals surface area contributed by atoms with Crippen LogP contribution in [0.5, 0.6) is 0 Å². The first kappa shape index (κ1) is 29.8. The Kier molecular flexibility index (Phi) is 12.2. The first-order valence-corrected chi connectivity index (χ1v) is 11.9. The number of halogens is 6. The number of alkyl halides is 6. The van der Waals surface area contributed by atoms with Crippen molar-refractivity contribution in [1.82, 2.24) is 0 Å². The van der Waals surface area contributed by atoms with E-state index in [9.17, 15) is 26.3 Å². The lowest BCUT2D eigenvalue weighted by atomic mass is 9.86. The van der Waals surface area contributed by atoms with E-state index in [1.807, 2.05) is 20.8 Å². The first-order chi connectivity index (χ1) is 15.4. The second-order valence-corrected chi connectivity index (χ2v) is 8.59. The summed E-state index contributed by atoms with van der Waals surface area (Å²) in [6.07, 6.45) is -2.03. The predicted molar refractivity (Wildman–Crippen MR) is 118 cm³/mol. The molecule has 33 heavy (non-hydrogen) atoms. The highest BCUT2D eigenvalue weighted by atomic mass is 19.4. The number of unbranched alkanes of at least 4 members (excludes halogenated alkanes) is 5. The van der Waals surface area contributed by atoms with Crippen molar-refractivity contribution >= 4 is 0 Å². The van der Waals surface area contributed by atoms with Gasteiger partial charge in [-0.15, -0.1) is 0 Å². The van der Waals surface area contributed by atoms with Crippen LogP contribution in [0.1, 0.15) is 95.8 Å². The van der Waals surface area contributed by atoms with Gasteiger partial charge in [0.1, 0.15) is 0 Å². The van der Waals surface area contributed by atoms with Gasteiger partial charge in [0.05, 0.1) is 11.1 Å². The van der Waals surface area contributed by atoms with Crippen LogP contribution in [0, 0.1) is 5.92 Å². The van der Waals surface area contributed by atoms with Gasteiger partial charge in [0, 0.05) is 19.1 Å². The predicted octanol–water partition coefficient (Wildman–Crippen LogP) is 8.81. The number of hydrogen-bond donors (Lipinski definition) is 0. The van der Waals surface area contributed by atoms with Crippen molar-refractivity contribution in [2.45, 2.75) is 104 Å². The van der Waals surface area contributed by atoms with E-state index >= 15 is 0 Å². The number of ether oxygens (including phenoxy) is 2. The van der Waals surface area contributed by atoms with Crippen LogP contribution >= 0.6 is 0 Å². The van der Waals surface area contributed by atoms with E-state index < -0.39 is 29.3 Å². The molecular formula is C25H38F6O2. The molecule has 0 fully saturated rings. The van der Waals surface area contributed by atoms with E-state index in [2.05, 4.69) is 6.92 Å². The van der Waals surface area contributed by atoms with Crippen molar-refractivity contribution in [1.29, 1.82) is 0 Å². The Hall–Kier alpha value is -1.28. The molecule has 0 aliphatic heterocycles. The molecule has 0 aliphatic carbocycles. The minimum atomic E-state index is -4.85. The van der Waals surface area contributed by atoms with Gasteiger partial charge in [-0.3, -0.25) is 0 Å². The lowest BCUT2D eigenvalue weighted by Crippen LogP contribution is -2.41. The molecule has 192 valence electrons. The topological polar surface area (TPSA) is 18.5 Å². The van der Waals surface area contributed by atoms with Crippen molar-refractivity contribution in [2.24, 2.45) is 5.92 Å². The zero-order chi connectivity index (χ0) is 25.1. The van der Waals surface area contributed by atoms with E-state index in [0.717, 1.165) is 50.7 Å². The number of hydrogen-bond acceptors (Lipinski definition) is 2. The molecule has 0 heterocycles. The van der Waals surface area contributed by atoms with Crippen LogP contribution in [0.4, 0.5) is 26.3 Å². The fourth-order valence-corrected chi connectivity index (χ4v) is 4.19. The highest BCUT2D eigenvalue weighted by molar-refractivity contribution is 5.33. The maximum Gasteiger partial charge on any atom is 0.416 e. The summed E-state index contributed by atoms with van der Waals surface area (Å²) in [7, 11) is 0. The summed E-state index contributed by atoms with van der Waals surface area (Å²) in [5.41, 5.74) is -2.55. The summed E-state index contributed by atoms with van der Waals surface area (Å²) in [5.74, 6) is -1.10. The van der Waals surface area contributed by atoms with E-state index in [0.29, 0.717) is 19.6 Å². The third-order valence-electron chi connectivity index (χ3n) is 5.94. The molecule has 0 aromatic heterocycles. The Balaban J connectivity index is 3.06. The van der Waals surface area contributed by atoms with Gasteiger partial charge in [-0.1, -0.05) is 45.4 Å². The zero-order valence-corrected chi connectivity index (χ0v) is 20.2. The fourth-order valence-electron chi connectivity index (χ4n) is 4.19. The minimum absolute atomic E-state index is 0.0143. The number of benzene rings is 1. The number of rotatable bonds is 15. The van der Waals surface area contributed by atoms with Crippen LogP contribution < -0.4 is 0 Å². The first-order valence-electron chi connectivity index (χ1n) is 11.9. The average Bonchev–Trinajstić information content (AvgIpc) is 2.71. The van der Waals surface area contributed by atoms with Gasteiger partial charge in [0.15, 0.2) is 5.79 Å². The second kappa shape index (κ2) is 13.6. The van der Waals surface area contributed by atoms with E-state index in [1.165, 1.54) is 6.42 Å². The molecule has 0 saturated heterocycles. The van der Waals surface area contributed by atoms with Crippen molar-refractivity contribution in [3.05, 3.63) is 34.9 Å². The third-order valence-corrected chi connectivity index (χ3v) is 5.94. The van der Waals surface area contributed by atoms with Gasteiger partial charge < -0.3 is 9.47 Å². The van der Waals surface area contributed by atoms with E-state index in [-0.39, 0.29) is 24.0 Å². The smallest absolute Gasteiger partial charge is 0.350 e. The average molecular weight is 485 g/mol. The summed E-state index contributed by atoms with van der Waals surface area (Å²) in [6, 6.07) is 1.80. The second-order valence-electron chi connectivity index (χ2n) is 8.59. The maximum atomic E-state index is 13.2. The van der Waals surface area contributed by atoms with E-state index in [1.54, 1.807) is 0 Å². The molecular weight excluding hydrogens is 446 g/mol. The molecule has 0 amide bonds. The Morgan fingerprint density at radius 3 is 1.64 bits per heavy atom. The molecule has 1 aromatic rings. The van der Waals surface area contributed by atoms with Crippen LogP contribution in [0.15, 0.2) is 18.2 Å².